The number of thioether (sulfide) groups is 1. The van der Waals surface area contributed by atoms with Crippen LogP contribution in [0.4, 0.5) is 0 Å². The molecule has 0 spiro atoms. The number of rotatable bonds is 5. The van der Waals surface area contributed by atoms with Gasteiger partial charge >= 0.3 is 0 Å². The molecule has 1 aromatic heterocycles. The van der Waals surface area contributed by atoms with E-state index in [4.69, 9.17) is 10.6 Å². The van der Waals surface area contributed by atoms with Crippen LogP contribution in [0.15, 0.2) is 6.20 Å². The number of aromatic nitrogens is 2. The first-order valence-electron chi connectivity index (χ1n) is 5.95. The van der Waals surface area contributed by atoms with Crippen LogP contribution < -0.4 is 16.0 Å². The summed E-state index contributed by atoms with van der Waals surface area (Å²) in [5.41, 5.74) is 4.02. The summed E-state index contributed by atoms with van der Waals surface area (Å²) in [6.07, 6.45) is 2.96. The van der Waals surface area contributed by atoms with E-state index in [0.717, 1.165) is 23.7 Å². The van der Waals surface area contributed by atoms with Gasteiger partial charge in [-0.15, -0.1) is 0 Å². The molecule has 2 unspecified atom stereocenters. The highest BCUT2D eigenvalue weighted by atomic mass is 32.2. The second-order valence-electron chi connectivity index (χ2n) is 4.18. The van der Waals surface area contributed by atoms with Crippen LogP contribution >= 0.6 is 11.8 Å². The molecule has 0 bridgehead atoms. The lowest BCUT2D eigenvalue weighted by Gasteiger charge is -2.23. The molecule has 0 saturated carbocycles. The summed E-state index contributed by atoms with van der Waals surface area (Å²) in [7, 11) is 1.68. The Balaban J connectivity index is 2.30. The molecule has 2 atom stereocenters. The van der Waals surface area contributed by atoms with Crippen molar-refractivity contribution in [1.29, 1.82) is 0 Å². The molecule has 1 fully saturated rings. The molecule has 96 valence electrons. The van der Waals surface area contributed by atoms with Gasteiger partial charge in [0.25, 0.3) is 0 Å². The quantitative estimate of drug-likeness (QED) is 0.611. The van der Waals surface area contributed by atoms with Crippen LogP contribution in [0.2, 0.25) is 0 Å². The molecule has 17 heavy (non-hydrogen) atoms. The van der Waals surface area contributed by atoms with E-state index >= 15 is 0 Å². The van der Waals surface area contributed by atoms with Crippen molar-refractivity contribution in [2.45, 2.75) is 25.9 Å². The van der Waals surface area contributed by atoms with Crippen molar-refractivity contribution in [3.05, 3.63) is 11.9 Å². The monoisotopic (exact) mass is 256 g/mol. The van der Waals surface area contributed by atoms with E-state index in [0.29, 0.717) is 5.92 Å². The van der Waals surface area contributed by atoms with E-state index in [1.807, 2.05) is 16.4 Å². The zero-order valence-electron chi connectivity index (χ0n) is 10.3. The molecular weight excluding hydrogens is 236 g/mol. The van der Waals surface area contributed by atoms with E-state index in [9.17, 15) is 0 Å². The van der Waals surface area contributed by atoms with Gasteiger partial charge in [-0.25, -0.2) is 0 Å². The molecule has 0 aliphatic carbocycles. The number of nitrogens with two attached hydrogens (primary N) is 1. The standard InChI is InChI=1S/C11H20N4OS/c1-3-15-11(9(16-2)6-13-15)10(14-12)8-4-5-17-7-8/h6,8,10,14H,3-5,7,12H2,1-2H3. The molecular formula is C11H20N4OS. The fourth-order valence-electron chi connectivity index (χ4n) is 2.35. The van der Waals surface area contributed by atoms with Gasteiger partial charge in [-0.05, 0) is 30.8 Å². The molecule has 2 rings (SSSR count). The molecule has 1 aliphatic heterocycles. The van der Waals surface area contributed by atoms with Gasteiger partial charge < -0.3 is 4.74 Å². The van der Waals surface area contributed by atoms with Crippen LogP contribution in [-0.2, 0) is 6.54 Å². The smallest absolute Gasteiger partial charge is 0.161 e. The molecule has 5 nitrogen and oxygen atoms in total. The van der Waals surface area contributed by atoms with Crippen LogP contribution in [0.3, 0.4) is 0 Å². The maximum Gasteiger partial charge on any atom is 0.161 e. The van der Waals surface area contributed by atoms with Crippen LogP contribution in [0, 0.1) is 5.92 Å². The van der Waals surface area contributed by atoms with E-state index in [1.54, 1.807) is 13.3 Å². The third kappa shape index (κ3) is 2.43. The largest absolute Gasteiger partial charge is 0.493 e. The van der Waals surface area contributed by atoms with Gasteiger partial charge in [-0.2, -0.15) is 16.9 Å². The van der Waals surface area contributed by atoms with Crippen molar-refractivity contribution in [2.24, 2.45) is 11.8 Å². The fraction of sp³-hybridized carbons (Fsp3) is 0.727. The van der Waals surface area contributed by atoms with Crippen molar-refractivity contribution in [2.75, 3.05) is 18.6 Å². The minimum Gasteiger partial charge on any atom is -0.493 e. The number of hydrogen-bond donors (Lipinski definition) is 2. The zero-order chi connectivity index (χ0) is 12.3. The Morgan fingerprint density at radius 1 is 1.76 bits per heavy atom. The number of hydrazine groups is 1. The van der Waals surface area contributed by atoms with Crippen molar-refractivity contribution >= 4 is 11.8 Å². The van der Waals surface area contributed by atoms with Gasteiger partial charge in [0.15, 0.2) is 5.75 Å². The molecule has 1 aliphatic rings. The van der Waals surface area contributed by atoms with Gasteiger partial charge in [-0.1, -0.05) is 0 Å². The Labute approximate surface area is 106 Å². The average Bonchev–Trinajstić information content (AvgIpc) is 2.99. The Morgan fingerprint density at radius 2 is 2.59 bits per heavy atom. The normalized spacial score (nSPS) is 21.7. The molecule has 3 N–H and O–H groups in total. The number of nitrogens with zero attached hydrogens (tertiary/aromatic N) is 2. The predicted molar refractivity (Wildman–Crippen MR) is 69.9 cm³/mol. The fourth-order valence-corrected chi connectivity index (χ4v) is 3.65. The number of methoxy groups -OCH3 is 1. The number of ether oxygens (including phenoxy) is 1. The Morgan fingerprint density at radius 3 is 3.12 bits per heavy atom. The summed E-state index contributed by atoms with van der Waals surface area (Å²) < 4.78 is 7.35. The minimum atomic E-state index is 0.127. The Bertz CT molecular complexity index is 341. The molecule has 0 aromatic carbocycles. The van der Waals surface area contributed by atoms with Gasteiger partial charge in [-0.3, -0.25) is 16.0 Å². The Hall–Kier alpha value is -0.720. The van der Waals surface area contributed by atoms with Crippen molar-refractivity contribution in [3.8, 4) is 5.75 Å². The van der Waals surface area contributed by atoms with Crippen molar-refractivity contribution in [1.82, 2.24) is 15.2 Å². The molecule has 0 radical (unpaired) electrons. The molecule has 0 amide bonds. The summed E-state index contributed by atoms with van der Waals surface area (Å²) in [4.78, 5) is 0. The molecule has 2 heterocycles. The summed E-state index contributed by atoms with van der Waals surface area (Å²) in [6.45, 7) is 2.91. The maximum absolute atomic E-state index is 5.74. The molecule has 1 aromatic rings. The third-order valence-electron chi connectivity index (χ3n) is 3.27. The number of hydrogen-bond acceptors (Lipinski definition) is 5. The van der Waals surface area contributed by atoms with Crippen molar-refractivity contribution < 1.29 is 4.74 Å². The molecule has 6 heteroatoms. The van der Waals surface area contributed by atoms with Crippen LogP contribution in [-0.4, -0.2) is 28.4 Å². The summed E-state index contributed by atoms with van der Waals surface area (Å²) in [6, 6.07) is 0.127. The third-order valence-corrected chi connectivity index (χ3v) is 4.46. The van der Waals surface area contributed by atoms with Crippen LogP contribution in [0.25, 0.3) is 0 Å². The lowest BCUT2D eigenvalue weighted by molar-refractivity contribution is 0.347. The van der Waals surface area contributed by atoms with Crippen LogP contribution in [0.1, 0.15) is 25.1 Å². The molecule has 1 saturated heterocycles. The number of aryl methyl sites for hydroxylation is 1. The topological polar surface area (TPSA) is 65.1 Å². The summed E-state index contributed by atoms with van der Waals surface area (Å²) >= 11 is 1.98. The highest BCUT2D eigenvalue weighted by molar-refractivity contribution is 7.99. The van der Waals surface area contributed by atoms with E-state index in [1.165, 1.54) is 12.2 Å². The van der Waals surface area contributed by atoms with Gasteiger partial charge in [0.2, 0.25) is 0 Å². The highest BCUT2D eigenvalue weighted by Crippen LogP contribution is 2.37. The van der Waals surface area contributed by atoms with Gasteiger partial charge in [0, 0.05) is 6.54 Å². The second kappa shape index (κ2) is 5.75. The van der Waals surface area contributed by atoms with E-state index < -0.39 is 0 Å². The van der Waals surface area contributed by atoms with Crippen LogP contribution in [0.5, 0.6) is 5.75 Å². The first-order chi connectivity index (χ1) is 8.31. The summed E-state index contributed by atoms with van der Waals surface area (Å²) in [5, 5.41) is 4.34. The SMILES string of the molecule is CCn1ncc(OC)c1C(NN)C1CCSC1. The minimum absolute atomic E-state index is 0.127. The highest BCUT2D eigenvalue weighted by Gasteiger charge is 2.30. The lowest BCUT2D eigenvalue weighted by atomic mass is 9.96. The van der Waals surface area contributed by atoms with Gasteiger partial charge in [0.1, 0.15) is 0 Å². The predicted octanol–water partition coefficient (Wildman–Crippen LogP) is 1.17. The Kier molecular flexibility index (Phi) is 4.31. The number of nitrogens with one attached hydrogen (secondary N) is 1. The van der Waals surface area contributed by atoms with E-state index in [-0.39, 0.29) is 6.04 Å². The maximum atomic E-state index is 5.74. The average molecular weight is 256 g/mol. The zero-order valence-corrected chi connectivity index (χ0v) is 11.2. The first kappa shape index (κ1) is 12.7. The first-order valence-corrected chi connectivity index (χ1v) is 7.10. The van der Waals surface area contributed by atoms with Crippen molar-refractivity contribution in [3.63, 3.8) is 0 Å². The summed E-state index contributed by atoms with van der Waals surface area (Å²) in [5.74, 6) is 9.48. The second-order valence-corrected chi connectivity index (χ2v) is 5.33. The van der Waals surface area contributed by atoms with Gasteiger partial charge in [0.05, 0.1) is 25.0 Å². The van der Waals surface area contributed by atoms with E-state index in [2.05, 4.69) is 17.4 Å². The lowest BCUT2D eigenvalue weighted by Crippen LogP contribution is -2.35.